The summed E-state index contributed by atoms with van der Waals surface area (Å²) in [6.07, 6.45) is 7.36. The highest BCUT2D eigenvalue weighted by atomic mass is 35.5. The lowest BCUT2D eigenvalue weighted by atomic mass is 10.2. The molecule has 2 heterocycles. The number of ether oxygens (including phenoxy) is 2. The topological polar surface area (TPSA) is 106 Å². The Bertz CT molecular complexity index is 1760. The molecule has 2 atom stereocenters. The van der Waals surface area contributed by atoms with E-state index in [0.717, 1.165) is 65.4 Å². The average Bonchev–Trinajstić information content (AvgIpc) is 3.22. The van der Waals surface area contributed by atoms with Crippen LogP contribution in [0.1, 0.15) is 11.1 Å². The van der Waals surface area contributed by atoms with Gasteiger partial charge in [0.2, 0.25) is 9.84 Å². The first-order chi connectivity index (χ1) is 26.8. The summed E-state index contributed by atoms with van der Waals surface area (Å²) in [5, 5.41) is 21.3. The van der Waals surface area contributed by atoms with Crippen molar-refractivity contribution >= 4 is 71.6 Å². The van der Waals surface area contributed by atoms with Gasteiger partial charge in [-0.2, -0.15) is 0 Å². The molecule has 2 N–H and O–H groups in total. The molecule has 4 aromatic carbocycles. The molecule has 2 unspecified atom stereocenters. The van der Waals surface area contributed by atoms with E-state index in [0.29, 0.717) is 24.6 Å². The number of benzene rings is 4. The molecule has 0 radical (unpaired) electrons. The van der Waals surface area contributed by atoms with Crippen LogP contribution in [0.2, 0.25) is 0 Å². The molecule has 0 aliphatic carbocycles. The minimum absolute atomic E-state index is 0. The lowest BCUT2D eigenvalue weighted by molar-refractivity contribution is 0.0481. The van der Waals surface area contributed by atoms with E-state index in [1.165, 1.54) is 35.4 Å². The molecule has 0 aromatic heterocycles. The van der Waals surface area contributed by atoms with Crippen LogP contribution in [0.3, 0.4) is 0 Å². The van der Waals surface area contributed by atoms with Gasteiger partial charge >= 0.3 is 0 Å². The van der Waals surface area contributed by atoms with E-state index in [-0.39, 0.29) is 72.6 Å². The van der Waals surface area contributed by atoms with Gasteiger partial charge in [0.05, 0.1) is 9.79 Å². The third-order valence-corrected chi connectivity index (χ3v) is 11.8. The minimum Gasteiger partial charge on any atom is -0.491 e. The number of rotatable bonds is 18. The fraction of sp³-hybridized carbons (Fsp3) is 0.364. The zero-order chi connectivity index (χ0) is 38.3. The fourth-order valence-corrected chi connectivity index (χ4v) is 8.03. The first-order valence-corrected chi connectivity index (χ1v) is 20.7. The third-order valence-electron chi connectivity index (χ3n) is 9.97. The highest BCUT2D eigenvalue weighted by Crippen LogP contribution is 2.25. The molecule has 4 aromatic rings. The lowest BCUT2D eigenvalue weighted by Gasteiger charge is -2.35. The van der Waals surface area contributed by atoms with Crippen LogP contribution < -0.4 is 9.47 Å². The molecule has 2 aliphatic rings. The molecule has 10 nitrogen and oxygen atoms in total. The van der Waals surface area contributed by atoms with Crippen LogP contribution in [0.5, 0.6) is 11.5 Å². The van der Waals surface area contributed by atoms with Crippen LogP contribution in [0, 0.1) is 0 Å². The van der Waals surface area contributed by atoms with Crippen molar-refractivity contribution in [2.75, 3.05) is 91.8 Å². The molecule has 0 bridgehead atoms. The molecule has 6 rings (SSSR count). The first-order valence-electron chi connectivity index (χ1n) is 19.2. The summed E-state index contributed by atoms with van der Waals surface area (Å²) in [5.41, 5.74) is 2.40. The van der Waals surface area contributed by atoms with Gasteiger partial charge in [-0.1, -0.05) is 85.0 Å². The van der Waals surface area contributed by atoms with Gasteiger partial charge < -0.3 is 19.7 Å². The van der Waals surface area contributed by atoms with Gasteiger partial charge in [-0.3, -0.25) is 19.6 Å². The number of hydrogen-bond donors (Lipinski definition) is 2. The van der Waals surface area contributed by atoms with Crippen molar-refractivity contribution < 1.29 is 28.1 Å². The minimum atomic E-state index is -3.76. The van der Waals surface area contributed by atoms with Gasteiger partial charge in [-0.15, -0.1) is 49.6 Å². The van der Waals surface area contributed by atoms with Crippen molar-refractivity contribution in [3.05, 3.63) is 132 Å². The maximum atomic E-state index is 13.3. The SMILES string of the molecule is Cl.Cl.Cl.Cl.O=S(=O)(c1ccc(OCC(O)CN2CCN(CC=Cc3ccccc3)CC2)cc1)c1ccc(OCC(O)CN2CCN(CC=Cc3ccccc3)CC2)cc1. The average molecular weight is 913 g/mol. The van der Waals surface area contributed by atoms with Crippen LogP contribution in [0.4, 0.5) is 0 Å². The van der Waals surface area contributed by atoms with E-state index in [9.17, 15) is 18.6 Å². The Balaban J connectivity index is 0.00000300. The normalized spacial score (nSPS) is 16.6. The first kappa shape index (κ1) is 52.0. The zero-order valence-corrected chi connectivity index (χ0v) is 37.2. The van der Waals surface area contributed by atoms with Gasteiger partial charge in [0, 0.05) is 78.5 Å². The highest BCUT2D eigenvalue weighted by molar-refractivity contribution is 7.91. The van der Waals surface area contributed by atoms with E-state index in [2.05, 4.69) is 68.2 Å². The summed E-state index contributed by atoms with van der Waals surface area (Å²) in [5.74, 6) is 0.987. The second-order valence-electron chi connectivity index (χ2n) is 14.2. The Morgan fingerprint density at radius 2 is 0.814 bits per heavy atom. The lowest BCUT2D eigenvalue weighted by Crippen LogP contribution is -2.49. The number of aliphatic hydroxyl groups is 2. The Hall–Kier alpha value is -3.17. The summed E-state index contributed by atoms with van der Waals surface area (Å²) in [6, 6.07) is 33.1. The number of nitrogens with zero attached hydrogens (tertiary/aromatic N) is 4. The summed E-state index contributed by atoms with van der Waals surface area (Å²) in [6.45, 7) is 10.4. The number of hydrogen-bond acceptors (Lipinski definition) is 10. The predicted molar refractivity (Wildman–Crippen MR) is 247 cm³/mol. The van der Waals surface area contributed by atoms with Gasteiger partial charge in [-0.25, -0.2) is 8.42 Å². The fourth-order valence-electron chi connectivity index (χ4n) is 6.77. The summed E-state index contributed by atoms with van der Waals surface area (Å²) < 4.78 is 38.3. The second-order valence-corrected chi connectivity index (χ2v) is 16.2. The largest absolute Gasteiger partial charge is 0.491 e. The third kappa shape index (κ3) is 17.0. The maximum absolute atomic E-state index is 13.3. The number of sulfone groups is 1. The number of β-amino-alcohol motifs (C(OH)–C–C–N with tert-alkyl or cyclic N) is 2. The Morgan fingerprint density at radius 3 is 1.15 bits per heavy atom. The van der Waals surface area contributed by atoms with Crippen molar-refractivity contribution in [1.82, 2.24) is 19.6 Å². The molecule has 0 amide bonds. The van der Waals surface area contributed by atoms with E-state index < -0.39 is 22.0 Å². The zero-order valence-electron chi connectivity index (χ0n) is 33.1. The van der Waals surface area contributed by atoms with E-state index >= 15 is 0 Å². The molecule has 2 aliphatic heterocycles. The highest BCUT2D eigenvalue weighted by Gasteiger charge is 2.22. The van der Waals surface area contributed by atoms with Crippen LogP contribution in [-0.2, 0) is 9.84 Å². The molecule has 2 fully saturated rings. The molecule has 59 heavy (non-hydrogen) atoms. The summed E-state index contributed by atoms with van der Waals surface area (Å²) in [7, 11) is -3.76. The van der Waals surface area contributed by atoms with Crippen LogP contribution in [0.15, 0.2) is 131 Å². The van der Waals surface area contributed by atoms with Gasteiger partial charge in [-0.05, 0) is 59.7 Å². The molecule has 0 spiro atoms. The van der Waals surface area contributed by atoms with E-state index in [1.807, 2.05) is 36.4 Å². The van der Waals surface area contributed by atoms with Crippen molar-refractivity contribution in [3.8, 4) is 11.5 Å². The van der Waals surface area contributed by atoms with Crippen LogP contribution in [0.25, 0.3) is 12.2 Å². The van der Waals surface area contributed by atoms with Crippen molar-refractivity contribution in [2.45, 2.75) is 22.0 Å². The monoisotopic (exact) mass is 910 g/mol. The summed E-state index contributed by atoms with van der Waals surface area (Å²) >= 11 is 0. The Labute approximate surface area is 375 Å². The van der Waals surface area contributed by atoms with Crippen molar-refractivity contribution in [2.24, 2.45) is 0 Å². The molecule has 15 heteroatoms. The summed E-state index contributed by atoms with van der Waals surface area (Å²) in [4.78, 5) is 9.59. The Kier molecular flexibility index (Phi) is 23.7. The molecule has 2 saturated heterocycles. The number of halogens is 4. The molecule has 324 valence electrons. The van der Waals surface area contributed by atoms with Gasteiger partial charge in [0.15, 0.2) is 0 Å². The number of aliphatic hydroxyl groups excluding tert-OH is 2. The van der Waals surface area contributed by atoms with Gasteiger partial charge in [0.1, 0.15) is 36.9 Å². The Morgan fingerprint density at radius 1 is 0.492 bits per heavy atom. The van der Waals surface area contributed by atoms with Gasteiger partial charge in [0.25, 0.3) is 0 Å². The van der Waals surface area contributed by atoms with E-state index in [1.54, 1.807) is 24.3 Å². The van der Waals surface area contributed by atoms with E-state index in [4.69, 9.17) is 9.47 Å². The molecule has 0 saturated carbocycles. The van der Waals surface area contributed by atoms with Crippen molar-refractivity contribution in [1.29, 1.82) is 0 Å². The maximum Gasteiger partial charge on any atom is 0.206 e. The predicted octanol–water partition coefficient (Wildman–Crippen LogP) is 6.35. The quantitative estimate of drug-likeness (QED) is 0.118. The smallest absolute Gasteiger partial charge is 0.206 e. The number of piperazine rings is 2. The molecular formula is C44H58Cl4N4O6S. The van der Waals surface area contributed by atoms with Crippen LogP contribution in [-0.4, -0.2) is 142 Å². The molecular weight excluding hydrogens is 854 g/mol. The second kappa shape index (κ2) is 26.9. The van der Waals surface area contributed by atoms with Crippen molar-refractivity contribution in [3.63, 3.8) is 0 Å². The van der Waals surface area contributed by atoms with Crippen LogP contribution >= 0.6 is 49.6 Å². The standard InChI is InChI=1S/C44H54N4O6S.4ClH/c49-39(33-47-29-25-45(26-30-47)23-7-13-37-9-3-1-4-10-37)35-53-41-15-19-43(20-16-41)55(51,52)44-21-17-42(18-22-44)54-36-40(50)34-48-31-27-46(28-32-48)24-8-14-38-11-5-2-6-12-38;;;;/h1-22,39-40,49-50H,23-36H2;4*1H.